The molecule has 0 radical (unpaired) electrons. The molecule has 0 heterocycles. The minimum atomic E-state index is -3.63. The first-order valence-corrected chi connectivity index (χ1v) is 8.25. The normalized spacial score (nSPS) is 12.0. The molecule has 0 saturated heterocycles. The summed E-state index contributed by atoms with van der Waals surface area (Å²) in [6.45, 7) is 2.56. The van der Waals surface area contributed by atoms with Crippen LogP contribution in [-0.4, -0.2) is 42.9 Å². The van der Waals surface area contributed by atoms with Crippen LogP contribution in [-0.2, 0) is 19.4 Å². The van der Waals surface area contributed by atoms with Crippen molar-refractivity contribution < 1.29 is 23.1 Å². The summed E-state index contributed by atoms with van der Waals surface area (Å²) in [7, 11) is -3.63. The molecule has 0 unspecified atom stereocenters. The van der Waals surface area contributed by atoms with Crippen LogP contribution in [0.4, 0.5) is 5.69 Å². The van der Waals surface area contributed by atoms with Gasteiger partial charge in [0.15, 0.2) is 9.84 Å². The Morgan fingerprint density at radius 3 is 2.14 bits per heavy atom. The number of hydrogen-bond donors (Lipinski definition) is 1. The zero-order valence-corrected chi connectivity index (χ0v) is 13.1. The highest BCUT2D eigenvalue weighted by Crippen LogP contribution is 2.23. The minimum Gasteiger partial charge on any atom is -0.481 e. The molecule has 1 rings (SSSR count). The van der Waals surface area contributed by atoms with Crippen molar-refractivity contribution in [3.63, 3.8) is 0 Å². The maximum absolute atomic E-state index is 12.6. The van der Waals surface area contributed by atoms with Crippen LogP contribution in [0.25, 0.3) is 0 Å². The van der Waals surface area contributed by atoms with E-state index in [2.05, 4.69) is 0 Å². The van der Waals surface area contributed by atoms with Gasteiger partial charge < -0.3 is 10.0 Å². The number of carboxylic acids is 1. The van der Waals surface area contributed by atoms with Gasteiger partial charge in [0.05, 0.1) is 6.42 Å². The molecule has 0 aliphatic heterocycles. The average Bonchev–Trinajstić information content (AvgIpc) is 2.38. The summed E-state index contributed by atoms with van der Waals surface area (Å²) in [6, 6.07) is 8.43. The topological polar surface area (TPSA) is 91.8 Å². The molecule has 21 heavy (non-hydrogen) atoms. The van der Waals surface area contributed by atoms with Crippen molar-refractivity contribution in [3.05, 3.63) is 30.3 Å². The van der Waals surface area contributed by atoms with Gasteiger partial charge in [-0.15, -0.1) is 0 Å². The number of amides is 1. The maximum Gasteiger partial charge on any atom is 0.305 e. The Morgan fingerprint density at radius 2 is 1.71 bits per heavy atom. The molecule has 0 bridgehead atoms. The molecule has 116 valence electrons. The van der Waals surface area contributed by atoms with Crippen LogP contribution in [0.15, 0.2) is 30.3 Å². The number of sulfone groups is 1. The van der Waals surface area contributed by atoms with Crippen molar-refractivity contribution in [2.45, 2.75) is 25.0 Å². The fourth-order valence-electron chi connectivity index (χ4n) is 1.65. The van der Waals surface area contributed by atoms with Gasteiger partial charge in [0.1, 0.15) is 4.75 Å². The molecular weight excluding hydrogens is 294 g/mol. The summed E-state index contributed by atoms with van der Waals surface area (Å²) in [4.78, 5) is 24.5. The van der Waals surface area contributed by atoms with Crippen molar-refractivity contribution in [1.29, 1.82) is 0 Å². The zero-order chi connectivity index (χ0) is 16.3. The lowest BCUT2D eigenvalue weighted by molar-refractivity contribution is -0.136. The molecule has 0 aliphatic carbocycles. The largest absolute Gasteiger partial charge is 0.481 e. The number of carboxylic acid groups (broad SMARTS) is 1. The van der Waals surface area contributed by atoms with E-state index in [4.69, 9.17) is 5.11 Å². The van der Waals surface area contributed by atoms with E-state index >= 15 is 0 Å². The fraction of sp³-hybridized carbons (Fsp3) is 0.429. The monoisotopic (exact) mass is 313 g/mol. The Hall–Kier alpha value is -1.89. The lowest BCUT2D eigenvalue weighted by atomic mass is 10.1. The molecular formula is C14H19NO5S. The number of para-hydroxylation sites is 1. The predicted molar refractivity (Wildman–Crippen MR) is 80.0 cm³/mol. The number of carbonyl (C=O) groups excluding carboxylic acids is 1. The third-order valence-electron chi connectivity index (χ3n) is 3.30. The molecule has 6 nitrogen and oxygen atoms in total. The Balaban J connectivity index is 3.19. The van der Waals surface area contributed by atoms with Crippen LogP contribution in [0.1, 0.15) is 20.3 Å². The van der Waals surface area contributed by atoms with Crippen LogP contribution in [0.5, 0.6) is 0 Å². The molecule has 0 atom stereocenters. The van der Waals surface area contributed by atoms with E-state index in [1.807, 2.05) is 0 Å². The number of hydrogen-bond acceptors (Lipinski definition) is 4. The number of rotatable bonds is 6. The molecule has 0 aromatic heterocycles. The summed E-state index contributed by atoms with van der Waals surface area (Å²) >= 11 is 0. The van der Waals surface area contributed by atoms with Crippen molar-refractivity contribution in [1.82, 2.24) is 0 Å². The van der Waals surface area contributed by atoms with Gasteiger partial charge in [-0.05, 0) is 26.0 Å². The van der Waals surface area contributed by atoms with E-state index < -0.39 is 26.5 Å². The maximum atomic E-state index is 12.6. The molecule has 0 aliphatic rings. The van der Waals surface area contributed by atoms with Crippen LogP contribution in [0, 0.1) is 0 Å². The quantitative estimate of drug-likeness (QED) is 0.855. The molecule has 1 aromatic carbocycles. The van der Waals surface area contributed by atoms with Crippen molar-refractivity contribution in [3.8, 4) is 0 Å². The van der Waals surface area contributed by atoms with E-state index in [0.717, 1.165) is 6.26 Å². The highest BCUT2D eigenvalue weighted by molar-refractivity contribution is 7.92. The Kier molecular flexibility index (Phi) is 5.11. The number of nitrogens with zero attached hydrogens (tertiary/aromatic N) is 1. The van der Waals surface area contributed by atoms with Gasteiger partial charge in [0, 0.05) is 18.5 Å². The first-order chi connectivity index (χ1) is 9.57. The Labute approximate surface area is 124 Å². The van der Waals surface area contributed by atoms with E-state index in [1.165, 1.54) is 18.7 Å². The average molecular weight is 313 g/mol. The number of aliphatic carboxylic acids is 1. The SMILES string of the molecule is CC(C)(C(=O)N(CCC(=O)O)c1ccccc1)S(C)(=O)=O. The van der Waals surface area contributed by atoms with Crippen LogP contribution in [0.3, 0.4) is 0 Å². The lowest BCUT2D eigenvalue weighted by Crippen LogP contribution is -2.50. The fourth-order valence-corrected chi connectivity index (χ4v) is 2.07. The van der Waals surface area contributed by atoms with Crippen molar-refractivity contribution in [2.75, 3.05) is 17.7 Å². The second kappa shape index (κ2) is 6.26. The molecule has 0 fully saturated rings. The third kappa shape index (κ3) is 4.04. The second-order valence-corrected chi connectivity index (χ2v) is 7.78. The molecule has 1 amide bonds. The summed E-state index contributed by atoms with van der Waals surface area (Å²) in [6.07, 6.45) is 0.728. The van der Waals surface area contributed by atoms with Crippen LogP contribution in [0.2, 0.25) is 0 Å². The molecule has 1 aromatic rings. The van der Waals surface area contributed by atoms with Crippen molar-refractivity contribution in [2.24, 2.45) is 0 Å². The van der Waals surface area contributed by atoms with Crippen molar-refractivity contribution >= 4 is 27.4 Å². The first-order valence-electron chi connectivity index (χ1n) is 6.36. The number of carbonyl (C=O) groups is 2. The lowest BCUT2D eigenvalue weighted by Gasteiger charge is -2.30. The Morgan fingerprint density at radius 1 is 1.19 bits per heavy atom. The summed E-state index contributed by atoms with van der Waals surface area (Å²) < 4.78 is 22.0. The first kappa shape index (κ1) is 17.2. The molecule has 0 spiro atoms. The summed E-state index contributed by atoms with van der Waals surface area (Å²) in [5.41, 5.74) is 0.473. The Bertz CT molecular complexity index is 622. The number of anilines is 1. The smallest absolute Gasteiger partial charge is 0.305 e. The van der Waals surface area contributed by atoms with E-state index in [-0.39, 0.29) is 13.0 Å². The highest BCUT2D eigenvalue weighted by atomic mass is 32.2. The third-order valence-corrected chi connectivity index (χ3v) is 5.33. The zero-order valence-electron chi connectivity index (χ0n) is 12.2. The van der Waals surface area contributed by atoms with Gasteiger partial charge in [0.25, 0.3) is 0 Å². The minimum absolute atomic E-state index is 0.0862. The van der Waals surface area contributed by atoms with Gasteiger partial charge in [-0.1, -0.05) is 18.2 Å². The molecule has 7 heteroatoms. The summed E-state index contributed by atoms with van der Waals surface area (Å²) in [5, 5.41) is 8.80. The van der Waals surface area contributed by atoms with Gasteiger partial charge in [-0.25, -0.2) is 8.42 Å². The molecule has 0 saturated carbocycles. The highest BCUT2D eigenvalue weighted by Gasteiger charge is 2.41. The second-order valence-electron chi connectivity index (χ2n) is 5.22. The standard InChI is InChI=1S/C14H19NO5S/c1-14(2,21(3,19)20)13(18)15(10-9-12(16)17)11-7-5-4-6-8-11/h4-8H,9-10H2,1-3H3,(H,16,17). The van der Waals surface area contributed by atoms with Crippen LogP contribution >= 0.6 is 0 Å². The number of benzene rings is 1. The predicted octanol–water partition coefficient (Wildman–Crippen LogP) is 1.32. The van der Waals surface area contributed by atoms with Gasteiger partial charge in [-0.2, -0.15) is 0 Å². The van der Waals surface area contributed by atoms with E-state index in [0.29, 0.717) is 5.69 Å². The van der Waals surface area contributed by atoms with Gasteiger partial charge in [0.2, 0.25) is 5.91 Å². The van der Waals surface area contributed by atoms with E-state index in [1.54, 1.807) is 30.3 Å². The summed E-state index contributed by atoms with van der Waals surface area (Å²) in [5.74, 6) is -1.70. The van der Waals surface area contributed by atoms with Gasteiger partial charge in [-0.3, -0.25) is 9.59 Å². The van der Waals surface area contributed by atoms with Crippen LogP contribution < -0.4 is 4.90 Å². The van der Waals surface area contributed by atoms with E-state index in [9.17, 15) is 18.0 Å². The molecule has 1 N–H and O–H groups in total. The van der Waals surface area contributed by atoms with Gasteiger partial charge >= 0.3 is 5.97 Å².